The number of sulfonamides is 1. The van der Waals surface area contributed by atoms with Crippen molar-refractivity contribution < 1.29 is 13.2 Å². The van der Waals surface area contributed by atoms with Crippen molar-refractivity contribution in [1.29, 1.82) is 0 Å². The molecule has 0 saturated carbocycles. The van der Waals surface area contributed by atoms with Crippen LogP contribution in [0, 0.1) is 0 Å². The van der Waals surface area contributed by atoms with Gasteiger partial charge in [-0.25, -0.2) is 18.1 Å². The van der Waals surface area contributed by atoms with Crippen LogP contribution in [-0.4, -0.2) is 25.1 Å². The van der Waals surface area contributed by atoms with Gasteiger partial charge >= 0.3 is 0 Å². The molecule has 114 valence electrons. The molecule has 6 nitrogen and oxygen atoms in total. The number of nitrogens with zero attached hydrogens (tertiary/aromatic N) is 2. The Labute approximate surface area is 128 Å². The molecule has 1 N–H and O–H groups in total. The summed E-state index contributed by atoms with van der Waals surface area (Å²) in [6.45, 7) is 0.638. The normalized spacial score (nSPS) is 11.8. The molecule has 0 atom stereocenters. The number of hydrogen-bond acceptors (Lipinski definition) is 4. The van der Waals surface area contributed by atoms with Gasteiger partial charge in [0.25, 0.3) is 10.0 Å². The van der Waals surface area contributed by atoms with Crippen molar-refractivity contribution in [1.82, 2.24) is 14.3 Å². The van der Waals surface area contributed by atoms with Gasteiger partial charge in [-0.05, 0) is 11.1 Å². The second-order valence-corrected chi connectivity index (χ2v) is 6.57. The minimum absolute atomic E-state index is 0.0793. The fourth-order valence-corrected chi connectivity index (χ4v) is 3.26. The zero-order valence-electron chi connectivity index (χ0n) is 11.7. The lowest BCUT2D eigenvalue weighted by Gasteiger charge is -2.07. The standard InChI is InChI=1S/C13H16ClN3O3S/c1-17-9-15-13(12(17)14)21(18,19)16-7-10-4-3-5-11(6-10)8-20-2/h3-6,9,16H,7-8H2,1-2H3. The molecular weight excluding hydrogens is 314 g/mol. The van der Waals surface area contributed by atoms with E-state index in [4.69, 9.17) is 16.3 Å². The Bertz CT molecular complexity index is 728. The first-order valence-corrected chi connectivity index (χ1v) is 8.03. The molecule has 2 rings (SSSR count). The van der Waals surface area contributed by atoms with E-state index >= 15 is 0 Å². The van der Waals surface area contributed by atoms with Crippen molar-refractivity contribution in [2.24, 2.45) is 7.05 Å². The largest absolute Gasteiger partial charge is 0.380 e. The van der Waals surface area contributed by atoms with Crippen molar-refractivity contribution in [3.63, 3.8) is 0 Å². The first kappa shape index (κ1) is 16.0. The Balaban J connectivity index is 2.12. The van der Waals surface area contributed by atoms with E-state index in [0.29, 0.717) is 6.61 Å². The zero-order chi connectivity index (χ0) is 15.5. The molecule has 0 spiro atoms. The Kier molecular flexibility index (Phi) is 5.00. The minimum atomic E-state index is -3.74. The first-order chi connectivity index (χ1) is 9.94. The van der Waals surface area contributed by atoms with Crippen molar-refractivity contribution in [2.45, 2.75) is 18.2 Å². The number of methoxy groups -OCH3 is 1. The van der Waals surface area contributed by atoms with Crippen LogP contribution in [0.3, 0.4) is 0 Å². The van der Waals surface area contributed by atoms with E-state index < -0.39 is 10.0 Å². The molecule has 0 aliphatic rings. The lowest BCUT2D eigenvalue weighted by molar-refractivity contribution is 0.185. The average molecular weight is 330 g/mol. The monoisotopic (exact) mass is 329 g/mol. The van der Waals surface area contributed by atoms with Crippen molar-refractivity contribution in [3.05, 3.63) is 46.9 Å². The van der Waals surface area contributed by atoms with Crippen LogP contribution >= 0.6 is 11.6 Å². The van der Waals surface area contributed by atoms with Gasteiger partial charge in [0.15, 0.2) is 0 Å². The number of imidazole rings is 1. The molecule has 0 unspecified atom stereocenters. The topological polar surface area (TPSA) is 73.2 Å². The highest BCUT2D eigenvalue weighted by molar-refractivity contribution is 7.89. The number of ether oxygens (including phenoxy) is 1. The van der Waals surface area contributed by atoms with Gasteiger partial charge in [-0.1, -0.05) is 35.9 Å². The Hall–Kier alpha value is -1.41. The zero-order valence-corrected chi connectivity index (χ0v) is 13.3. The Morgan fingerprint density at radius 1 is 1.38 bits per heavy atom. The van der Waals surface area contributed by atoms with E-state index in [0.717, 1.165) is 11.1 Å². The van der Waals surface area contributed by atoms with Gasteiger partial charge in [-0.2, -0.15) is 0 Å². The Morgan fingerprint density at radius 2 is 2.10 bits per heavy atom. The summed E-state index contributed by atoms with van der Waals surface area (Å²) in [7, 11) is -0.501. The van der Waals surface area contributed by atoms with Crippen LogP contribution in [-0.2, 0) is 35.0 Å². The summed E-state index contributed by atoms with van der Waals surface area (Å²) in [4.78, 5) is 3.81. The van der Waals surface area contributed by atoms with E-state index in [1.165, 1.54) is 10.9 Å². The third kappa shape index (κ3) is 3.82. The molecule has 1 aromatic heterocycles. The average Bonchev–Trinajstić information content (AvgIpc) is 2.78. The molecule has 0 aliphatic heterocycles. The molecule has 8 heteroatoms. The summed E-state index contributed by atoms with van der Waals surface area (Å²) in [5.41, 5.74) is 1.81. The van der Waals surface area contributed by atoms with Crippen LogP contribution in [0.25, 0.3) is 0 Å². The summed E-state index contributed by atoms with van der Waals surface area (Å²) in [6.07, 6.45) is 1.36. The quantitative estimate of drug-likeness (QED) is 0.875. The molecule has 2 aromatic rings. The molecule has 0 bridgehead atoms. The number of rotatable bonds is 6. The summed E-state index contributed by atoms with van der Waals surface area (Å²) in [6, 6.07) is 7.48. The number of aryl methyl sites for hydroxylation is 1. The van der Waals surface area contributed by atoms with Crippen molar-refractivity contribution >= 4 is 21.6 Å². The number of nitrogens with one attached hydrogen (secondary N) is 1. The van der Waals surface area contributed by atoms with Crippen LogP contribution in [0.4, 0.5) is 0 Å². The number of halogens is 1. The Morgan fingerprint density at radius 3 is 2.71 bits per heavy atom. The molecule has 1 heterocycles. The van der Waals surface area contributed by atoms with Gasteiger partial charge in [0.2, 0.25) is 5.03 Å². The summed E-state index contributed by atoms with van der Waals surface area (Å²) >= 11 is 5.91. The van der Waals surface area contributed by atoms with Crippen LogP contribution in [0.5, 0.6) is 0 Å². The molecule has 0 radical (unpaired) electrons. The fourth-order valence-electron chi connectivity index (χ4n) is 1.82. The van der Waals surface area contributed by atoms with Gasteiger partial charge in [0.05, 0.1) is 12.9 Å². The van der Waals surface area contributed by atoms with Gasteiger partial charge in [0.1, 0.15) is 5.15 Å². The summed E-state index contributed by atoms with van der Waals surface area (Å²) in [5.74, 6) is 0. The predicted octanol–water partition coefficient (Wildman–Crippen LogP) is 1.70. The highest BCUT2D eigenvalue weighted by Crippen LogP contribution is 2.18. The fraction of sp³-hybridized carbons (Fsp3) is 0.308. The lowest BCUT2D eigenvalue weighted by atomic mass is 10.1. The second-order valence-electron chi connectivity index (χ2n) is 4.53. The highest BCUT2D eigenvalue weighted by Gasteiger charge is 2.21. The number of benzene rings is 1. The molecule has 21 heavy (non-hydrogen) atoms. The number of aromatic nitrogens is 2. The smallest absolute Gasteiger partial charge is 0.261 e. The molecule has 0 fully saturated rings. The van der Waals surface area contributed by atoms with Crippen LogP contribution in [0.2, 0.25) is 5.15 Å². The van der Waals surface area contributed by atoms with E-state index in [1.807, 2.05) is 24.3 Å². The second kappa shape index (κ2) is 6.57. The van der Waals surface area contributed by atoms with Gasteiger partial charge in [-0.3, -0.25) is 0 Å². The van der Waals surface area contributed by atoms with Crippen molar-refractivity contribution in [2.75, 3.05) is 7.11 Å². The van der Waals surface area contributed by atoms with Gasteiger partial charge < -0.3 is 9.30 Å². The van der Waals surface area contributed by atoms with Gasteiger partial charge in [-0.15, -0.1) is 0 Å². The van der Waals surface area contributed by atoms with E-state index in [1.54, 1.807) is 14.2 Å². The minimum Gasteiger partial charge on any atom is -0.380 e. The molecular formula is C13H16ClN3O3S. The lowest BCUT2D eigenvalue weighted by Crippen LogP contribution is -2.24. The van der Waals surface area contributed by atoms with Crippen LogP contribution in [0.15, 0.2) is 35.6 Å². The van der Waals surface area contributed by atoms with Crippen molar-refractivity contribution in [3.8, 4) is 0 Å². The van der Waals surface area contributed by atoms with Gasteiger partial charge in [0, 0.05) is 20.7 Å². The van der Waals surface area contributed by atoms with E-state index in [9.17, 15) is 8.42 Å². The highest BCUT2D eigenvalue weighted by atomic mass is 35.5. The van der Waals surface area contributed by atoms with Crippen LogP contribution < -0.4 is 4.72 Å². The van der Waals surface area contributed by atoms with E-state index in [2.05, 4.69) is 9.71 Å². The van der Waals surface area contributed by atoms with E-state index in [-0.39, 0.29) is 16.7 Å². The third-order valence-electron chi connectivity index (χ3n) is 2.86. The predicted molar refractivity (Wildman–Crippen MR) is 79.4 cm³/mol. The molecule has 0 saturated heterocycles. The summed E-state index contributed by atoms with van der Waals surface area (Å²) < 4.78 is 33.3. The molecule has 1 aromatic carbocycles. The third-order valence-corrected chi connectivity index (χ3v) is 4.75. The maximum absolute atomic E-state index is 12.2. The summed E-state index contributed by atoms with van der Waals surface area (Å²) in [5, 5.41) is -0.0876. The number of hydrogen-bond donors (Lipinski definition) is 1. The SMILES string of the molecule is COCc1cccc(CNS(=O)(=O)c2ncn(C)c2Cl)c1. The maximum Gasteiger partial charge on any atom is 0.261 e. The molecule has 0 aliphatic carbocycles. The van der Waals surface area contributed by atoms with Crippen LogP contribution in [0.1, 0.15) is 11.1 Å². The molecule has 0 amide bonds. The maximum atomic E-state index is 12.2. The first-order valence-electron chi connectivity index (χ1n) is 6.17.